The van der Waals surface area contributed by atoms with Crippen LogP contribution < -0.4 is 4.74 Å². The molecule has 2 aromatic carbocycles. The SMILES string of the molecule is CC(=O)N(C)CCOc1ccccc1Cc1ccccc1. The molecule has 0 aliphatic rings. The summed E-state index contributed by atoms with van der Waals surface area (Å²) in [6.45, 7) is 2.65. The van der Waals surface area contributed by atoms with E-state index in [2.05, 4.69) is 18.2 Å². The van der Waals surface area contributed by atoms with Gasteiger partial charge in [0.05, 0.1) is 6.54 Å². The molecule has 0 aromatic heterocycles. The van der Waals surface area contributed by atoms with E-state index in [0.717, 1.165) is 17.7 Å². The number of hydrogen-bond donors (Lipinski definition) is 0. The number of ether oxygens (including phenoxy) is 1. The molecule has 0 radical (unpaired) electrons. The number of hydrogen-bond acceptors (Lipinski definition) is 2. The van der Waals surface area contributed by atoms with Gasteiger partial charge in [0, 0.05) is 20.4 Å². The number of carbonyl (C=O) groups excluding carboxylic acids is 1. The highest BCUT2D eigenvalue weighted by atomic mass is 16.5. The number of para-hydroxylation sites is 1. The molecule has 0 atom stereocenters. The summed E-state index contributed by atoms with van der Waals surface area (Å²) < 4.78 is 5.84. The third-order valence-corrected chi connectivity index (χ3v) is 3.43. The second-order valence-electron chi connectivity index (χ2n) is 5.06. The molecule has 2 rings (SSSR count). The van der Waals surface area contributed by atoms with Crippen molar-refractivity contribution in [3.63, 3.8) is 0 Å². The van der Waals surface area contributed by atoms with Crippen LogP contribution in [0.15, 0.2) is 54.6 Å². The minimum absolute atomic E-state index is 0.0520. The van der Waals surface area contributed by atoms with Gasteiger partial charge >= 0.3 is 0 Å². The monoisotopic (exact) mass is 283 g/mol. The summed E-state index contributed by atoms with van der Waals surface area (Å²) in [5, 5.41) is 0. The van der Waals surface area contributed by atoms with Gasteiger partial charge in [0.2, 0.25) is 5.91 Å². The third-order valence-electron chi connectivity index (χ3n) is 3.43. The molecular weight excluding hydrogens is 262 g/mol. The van der Waals surface area contributed by atoms with Crippen molar-refractivity contribution in [2.75, 3.05) is 20.2 Å². The lowest BCUT2D eigenvalue weighted by Gasteiger charge is -2.16. The molecule has 3 nitrogen and oxygen atoms in total. The lowest BCUT2D eigenvalue weighted by molar-refractivity contribution is -0.127. The molecule has 0 fully saturated rings. The van der Waals surface area contributed by atoms with Crippen LogP contribution >= 0.6 is 0 Å². The van der Waals surface area contributed by atoms with Crippen LogP contribution in [0, 0.1) is 0 Å². The fourth-order valence-corrected chi connectivity index (χ4v) is 2.06. The Hall–Kier alpha value is -2.29. The van der Waals surface area contributed by atoms with Crippen molar-refractivity contribution < 1.29 is 9.53 Å². The van der Waals surface area contributed by atoms with Gasteiger partial charge in [-0.25, -0.2) is 0 Å². The van der Waals surface area contributed by atoms with Gasteiger partial charge in [-0.05, 0) is 17.2 Å². The highest BCUT2D eigenvalue weighted by Gasteiger charge is 2.06. The Morgan fingerprint density at radius 2 is 1.71 bits per heavy atom. The Labute approximate surface area is 126 Å². The molecule has 0 N–H and O–H groups in total. The zero-order valence-corrected chi connectivity index (χ0v) is 12.6. The molecule has 0 aliphatic heterocycles. The number of likely N-dealkylation sites (N-methyl/N-ethyl adjacent to an activating group) is 1. The topological polar surface area (TPSA) is 29.5 Å². The zero-order chi connectivity index (χ0) is 15.1. The first-order valence-corrected chi connectivity index (χ1v) is 7.13. The van der Waals surface area contributed by atoms with Crippen molar-refractivity contribution in [2.45, 2.75) is 13.3 Å². The van der Waals surface area contributed by atoms with Gasteiger partial charge < -0.3 is 9.64 Å². The summed E-state index contributed by atoms with van der Waals surface area (Å²) in [6.07, 6.45) is 0.847. The number of rotatable bonds is 6. The van der Waals surface area contributed by atoms with E-state index in [1.54, 1.807) is 18.9 Å². The second-order valence-corrected chi connectivity index (χ2v) is 5.06. The number of carbonyl (C=O) groups is 1. The van der Waals surface area contributed by atoms with Gasteiger partial charge in [0.1, 0.15) is 12.4 Å². The predicted molar refractivity (Wildman–Crippen MR) is 84.5 cm³/mol. The van der Waals surface area contributed by atoms with Crippen LogP contribution in [0.1, 0.15) is 18.1 Å². The van der Waals surface area contributed by atoms with Gasteiger partial charge in [-0.2, -0.15) is 0 Å². The normalized spacial score (nSPS) is 10.2. The van der Waals surface area contributed by atoms with E-state index >= 15 is 0 Å². The number of benzene rings is 2. The van der Waals surface area contributed by atoms with Crippen LogP contribution in [0.4, 0.5) is 0 Å². The molecule has 1 amide bonds. The minimum atomic E-state index is 0.0520. The highest BCUT2D eigenvalue weighted by molar-refractivity contribution is 5.72. The molecule has 21 heavy (non-hydrogen) atoms. The maximum absolute atomic E-state index is 11.2. The van der Waals surface area contributed by atoms with Gasteiger partial charge in [-0.1, -0.05) is 48.5 Å². The van der Waals surface area contributed by atoms with Crippen molar-refractivity contribution in [1.29, 1.82) is 0 Å². The van der Waals surface area contributed by atoms with Crippen LogP contribution in [0.25, 0.3) is 0 Å². The average Bonchev–Trinajstić information content (AvgIpc) is 2.50. The average molecular weight is 283 g/mol. The van der Waals surface area contributed by atoms with Crippen LogP contribution in [0.2, 0.25) is 0 Å². The zero-order valence-electron chi connectivity index (χ0n) is 12.6. The van der Waals surface area contributed by atoms with Gasteiger partial charge in [-0.3, -0.25) is 4.79 Å². The fraction of sp³-hybridized carbons (Fsp3) is 0.278. The molecule has 0 spiro atoms. The molecule has 110 valence electrons. The van der Waals surface area contributed by atoms with E-state index in [0.29, 0.717) is 13.2 Å². The molecule has 0 bridgehead atoms. The molecule has 2 aromatic rings. The molecule has 0 saturated carbocycles. The highest BCUT2D eigenvalue weighted by Crippen LogP contribution is 2.21. The summed E-state index contributed by atoms with van der Waals surface area (Å²) in [7, 11) is 1.78. The Kier molecular flexibility index (Phi) is 5.38. The first-order valence-electron chi connectivity index (χ1n) is 7.13. The Balaban J connectivity index is 1.98. The quantitative estimate of drug-likeness (QED) is 0.815. The third kappa shape index (κ3) is 4.63. The van der Waals surface area contributed by atoms with Crippen LogP contribution in [-0.4, -0.2) is 31.0 Å². The summed E-state index contributed by atoms with van der Waals surface area (Å²) in [4.78, 5) is 12.8. The fourth-order valence-electron chi connectivity index (χ4n) is 2.06. The summed E-state index contributed by atoms with van der Waals surface area (Å²) in [6, 6.07) is 18.4. The summed E-state index contributed by atoms with van der Waals surface area (Å²) in [5.74, 6) is 0.939. The Morgan fingerprint density at radius 1 is 1.05 bits per heavy atom. The van der Waals surface area contributed by atoms with Crippen molar-refractivity contribution in [3.05, 3.63) is 65.7 Å². The molecule has 0 unspecified atom stereocenters. The smallest absolute Gasteiger partial charge is 0.219 e. The van der Waals surface area contributed by atoms with E-state index in [9.17, 15) is 4.79 Å². The minimum Gasteiger partial charge on any atom is -0.491 e. The van der Waals surface area contributed by atoms with Crippen molar-refractivity contribution in [3.8, 4) is 5.75 Å². The number of amides is 1. The van der Waals surface area contributed by atoms with E-state index < -0.39 is 0 Å². The van der Waals surface area contributed by atoms with Crippen LogP contribution in [0.3, 0.4) is 0 Å². The van der Waals surface area contributed by atoms with E-state index in [4.69, 9.17) is 4.74 Å². The first kappa shape index (κ1) is 15.1. The number of nitrogens with zero attached hydrogens (tertiary/aromatic N) is 1. The Bertz CT molecular complexity index is 581. The van der Waals surface area contributed by atoms with Gasteiger partial charge in [0.25, 0.3) is 0 Å². The molecular formula is C18H21NO2. The van der Waals surface area contributed by atoms with E-state index in [1.165, 1.54) is 5.56 Å². The first-order chi connectivity index (χ1) is 10.2. The molecule has 0 aliphatic carbocycles. The lowest BCUT2D eigenvalue weighted by atomic mass is 10.0. The van der Waals surface area contributed by atoms with Crippen molar-refractivity contribution in [2.24, 2.45) is 0 Å². The van der Waals surface area contributed by atoms with Crippen molar-refractivity contribution >= 4 is 5.91 Å². The lowest BCUT2D eigenvalue weighted by Crippen LogP contribution is -2.28. The van der Waals surface area contributed by atoms with Crippen LogP contribution in [-0.2, 0) is 11.2 Å². The predicted octanol–water partition coefficient (Wildman–Crippen LogP) is 3.13. The van der Waals surface area contributed by atoms with Gasteiger partial charge in [-0.15, -0.1) is 0 Å². The van der Waals surface area contributed by atoms with E-state index in [1.807, 2.05) is 36.4 Å². The largest absolute Gasteiger partial charge is 0.491 e. The Morgan fingerprint density at radius 3 is 2.43 bits per heavy atom. The summed E-state index contributed by atoms with van der Waals surface area (Å²) >= 11 is 0. The molecule has 3 heteroatoms. The standard InChI is InChI=1S/C18H21NO2/c1-15(20)19(2)12-13-21-18-11-7-6-10-17(18)14-16-8-4-3-5-9-16/h3-11H,12-14H2,1-2H3. The van der Waals surface area contributed by atoms with Crippen molar-refractivity contribution in [1.82, 2.24) is 4.90 Å². The van der Waals surface area contributed by atoms with Gasteiger partial charge in [0.15, 0.2) is 0 Å². The second kappa shape index (κ2) is 7.48. The maximum atomic E-state index is 11.2. The molecule has 0 saturated heterocycles. The maximum Gasteiger partial charge on any atom is 0.219 e. The van der Waals surface area contributed by atoms with E-state index in [-0.39, 0.29) is 5.91 Å². The van der Waals surface area contributed by atoms with Crippen LogP contribution in [0.5, 0.6) is 5.75 Å². The molecule has 0 heterocycles. The summed E-state index contributed by atoms with van der Waals surface area (Å²) in [5.41, 5.74) is 2.42.